The quantitative estimate of drug-likeness (QED) is 0.478. The molecule has 1 amide bonds. The van der Waals surface area contributed by atoms with Crippen molar-refractivity contribution in [1.82, 2.24) is 16.0 Å². The van der Waals surface area contributed by atoms with Crippen LogP contribution in [0, 0.1) is 5.41 Å². The molecule has 0 aliphatic rings. The highest BCUT2D eigenvalue weighted by Crippen LogP contribution is 2.19. The third kappa shape index (κ3) is 6.07. The number of carbonyl (C=O) groups excluding carboxylic acids is 1. The third-order valence-electron chi connectivity index (χ3n) is 3.77. The molecule has 5 heteroatoms. The zero-order chi connectivity index (χ0) is 18.3. The van der Waals surface area contributed by atoms with E-state index in [4.69, 9.17) is 5.41 Å². The smallest absolute Gasteiger partial charge is 0.286 e. The second-order valence-electron chi connectivity index (χ2n) is 6.86. The highest BCUT2D eigenvalue weighted by molar-refractivity contribution is 6.36. The van der Waals surface area contributed by atoms with Gasteiger partial charge in [-0.05, 0) is 50.1 Å². The number of amides is 1. The molecule has 132 valence electrons. The van der Waals surface area contributed by atoms with E-state index in [1.807, 2.05) is 39.0 Å². The van der Waals surface area contributed by atoms with Crippen LogP contribution in [0.3, 0.4) is 0 Å². The molecule has 0 heterocycles. The fourth-order valence-corrected chi connectivity index (χ4v) is 2.25. The van der Waals surface area contributed by atoms with Gasteiger partial charge in [-0.25, -0.2) is 0 Å². The van der Waals surface area contributed by atoms with Crippen molar-refractivity contribution in [3.63, 3.8) is 0 Å². The van der Waals surface area contributed by atoms with E-state index >= 15 is 0 Å². The first-order valence-corrected chi connectivity index (χ1v) is 8.28. The first-order valence-electron chi connectivity index (χ1n) is 8.28. The van der Waals surface area contributed by atoms with Gasteiger partial charge in [0.25, 0.3) is 5.91 Å². The van der Waals surface area contributed by atoms with Gasteiger partial charge in [-0.1, -0.05) is 38.1 Å². The maximum absolute atomic E-state index is 12.3. The van der Waals surface area contributed by atoms with E-state index in [2.05, 4.69) is 41.9 Å². The number of amidine groups is 1. The van der Waals surface area contributed by atoms with Gasteiger partial charge < -0.3 is 16.0 Å². The first kappa shape index (κ1) is 19.7. The topological polar surface area (TPSA) is 77.0 Å². The third-order valence-corrected chi connectivity index (χ3v) is 3.77. The van der Waals surface area contributed by atoms with Gasteiger partial charge in [0.05, 0.1) is 11.6 Å². The van der Waals surface area contributed by atoms with Gasteiger partial charge in [0.15, 0.2) is 5.84 Å². The molecule has 1 rings (SSSR count). The molecular formula is C19H30N4O. The lowest BCUT2D eigenvalue weighted by molar-refractivity contribution is -0.115. The highest BCUT2D eigenvalue weighted by atomic mass is 16.2. The molecule has 0 unspecified atom stereocenters. The Bertz CT molecular complexity index is 605. The maximum atomic E-state index is 12.3. The molecule has 4 N–H and O–H groups in total. The largest absolute Gasteiger partial charge is 0.394 e. The minimum Gasteiger partial charge on any atom is -0.394 e. The van der Waals surface area contributed by atoms with Crippen LogP contribution in [0.5, 0.6) is 0 Å². The van der Waals surface area contributed by atoms with E-state index in [9.17, 15) is 4.79 Å². The Morgan fingerprint density at radius 2 is 1.83 bits per heavy atom. The fourth-order valence-electron chi connectivity index (χ4n) is 2.25. The van der Waals surface area contributed by atoms with E-state index in [1.165, 1.54) is 5.56 Å². The standard InChI is InChI=1S/C19H30N4O/c1-13(2)15-8-7-9-16(12-15)14(3)22-18(24)17(20)23-19(4,5)10-11-21-6/h7-14,21H,1-6H3,(H2,20,23)(H,22,24)/b11-10-/t14-/m1/s1. The minimum atomic E-state index is -0.488. The molecule has 1 atom stereocenters. The molecule has 0 saturated carbocycles. The van der Waals surface area contributed by atoms with Crippen LogP contribution < -0.4 is 16.0 Å². The molecule has 1 aromatic carbocycles. The van der Waals surface area contributed by atoms with Gasteiger partial charge in [0, 0.05) is 7.05 Å². The molecule has 24 heavy (non-hydrogen) atoms. The zero-order valence-corrected chi connectivity index (χ0v) is 15.5. The van der Waals surface area contributed by atoms with Gasteiger partial charge in [0.1, 0.15) is 0 Å². The van der Waals surface area contributed by atoms with E-state index in [-0.39, 0.29) is 11.9 Å². The molecule has 0 spiro atoms. The fraction of sp³-hybridized carbons (Fsp3) is 0.474. The summed E-state index contributed by atoms with van der Waals surface area (Å²) in [7, 11) is 1.80. The van der Waals surface area contributed by atoms with Crippen molar-refractivity contribution in [2.24, 2.45) is 0 Å². The monoisotopic (exact) mass is 330 g/mol. The minimum absolute atomic E-state index is 0.146. The lowest BCUT2D eigenvalue weighted by Gasteiger charge is -2.24. The van der Waals surface area contributed by atoms with Crippen LogP contribution in [0.2, 0.25) is 0 Å². The summed E-state index contributed by atoms with van der Waals surface area (Å²) in [6.07, 6.45) is 3.64. The predicted molar refractivity (Wildman–Crippen MR) is 100 cm³/mol. The summed E-state index contributed by atoms with van der Waals surface area (Å²) in [4.78, 5) is 12.3. The zero-order valence-electron chi connectivity index (χ0n) is 15.5. The number of rotatable bonds is 6. The summed E-state index contributed by atoms with van der Waals surface area (Å²) >= 11 is 0. The van der Waals surface area contributed by atoms with Crippen LogP contribution in [-0.2, 0) is 4.79 Å². The lowest BCUT2D eigenvalue weighted by atomic mass is 9.98. The summed E-state index contributed by atoms with van der Waals surface area (Å²) in [6.45, 7) is 10.0. The Morgan fingerprint density at radius 3 is 2.42 bits per heavy atom. The molecule has 0 saturated heterocycles. The van der Waals surface area contributed by atoms with Gasteiger partial charge in [-0.3, -0.25) is 10.2 Å². The van der Waals surface area contributed by atoms with Crippen molar-refractivity contribution in [2.75, 3.05) is 7.05 Å². The molecule has 1 aromatic rings. The van der Waals surface area contributed by atoms with Crippen LogP contribution in [0.1, 0.15) is 57.7 Å². The van der Waals surface area contributed by atoms with Crippen LogP contribution >= 0.6 is 0 Å². The van der Waals surface area contributed by atoms with Crippen molar-refractivity contribution >= 4 is 11.7 Å². The Morgan fingerprint density at radius 1 is 1.21 bits per heavy atom. The number of benzene rings is 1. The van der Waals surface area contributed by atoms with Gasteiger partial charge in [-0.15, -0.1) is 0 Å². The second-order valence-corrected chi connectivity index (χ2v) is 6.86. The lowest BCUT2D eigenvalue weighted by Crippen LogP contribution is -2.49. The van der Waals surface area contributed by atoms with Gasteiger partial charge in [0.2, 0.25) is 0 Å². The van der Waals surface area contributed by atoms with Crippen LogP contribution in [0.4, 0.5) is 0 Å². The predicted octanol–water partition coefficient (Wildman–Crippen LogP) is 3.07. The molecular weight excluding hydrogens is 300 g/mol. The number of nitrogens with one attached hydrogen (secondary N) is 4. The van der Waals surface area contributed by atoms with Gasteiger partial charge >= 0.3 is 0 Å². The molecule has 0 radical (unpaired) electrons. The van der Waals surface area contributed by atoms with Crippen molar-refractivity contribution in [3.05, 3.63) is 47.7 Å². The van der Waals surface area contributed by atoms with Crippen molar-refractivity contribution in [3.8, 4) is 0 Å². The average Bonchev–Trinajstić information content (AvgIpc) is 2.52. The van der Waals surface area contributed by atoms with Crippen LogP contribution in [0.25, 0.3) is 0 Å². The Hall–Kier alpha value is -2.30. The average molecular weight is 330 g/mol. The van der Waals surface area contributed by atoms with Crippen molar-refractivity contribution in [1.29, 1.82) is 5.41 Å². The summed E-state index contributed by atoms with van der Waals surface area (Å²) in [5.74, 6) is -0.122. The Kier molecular flexibility index (Phi) is 7.01. The Labute approximate surface area is 145 Å². The molecule has 0 aliphatic heterocycles. The molecule has 5 nitrogen and oxygen atoms in total. The SMILES string of the molecule is CN/C=C\C(C)(C)NC(=N)C(=O)N[C@H](C)c1cccc(C(C)C)c1. The first-order chi connectivity index (χ1) is 11.2. The molecule has 0 aliphatic carbocycles. The van der Waals surface area contributed by atoms with Gasteiger partial charge in [-0.2, -0.15) is 0 Å². The maximum Gasteiger partial charge on any atom is 0.286 e. The Balaban J connectivity index is 2.71. The van der Waals surface area contributed by atoms with Crippen LogP contribution in [-0.4, -0.2) is 24.3 Å². The summed E-state index contributed by atoms with van der Waals surface area (Å²) < 4.78 is 0. The second kappa shape index (κ2) is 8.52. The summed E-state index contributed by atoms with van der Waals surface area (Å²) in [5.41, 5.74) is 1.79. The van der Waals surface area contributed by atoms with Crippen LogP contribution in [0.15, 0.2) is 36.5 Å². The highest BCUT2D eigenvalue weighted by Gasteiger charge is 2.20. The number of hydrogen-bond acceptors (Lipinski definition) is 3. The summed E-state index contributed by atoms with van der Waals surface area (Å²) in [6, 6.07) is 8.03. The normalized spacial score (nSPS) is 13.0. The van der Waals surface area contributed by atoms with Crippen molar-refractivity contribution < 1.29 is 4.79 Å². The number of hydrogen-bond donors (Lipinski definition) is 4. The summed E-state index contributed by atoms with van der Waals surface area (Å²) in [5, 5.41) is 16.7. The van der Waals surface area contributed by atoms with E-state index in [1.54, 1.807) is 13.2 Å². The molecule has 0 aromatic heterocycles. The molecule has 0 bridgehead atoms. The van der Waals surface area contributed by atoms with E-state index in [0.717, 1.165) is 5.56 Å². The van der Waals surface area contributed by atoms with E-state index in [0.29, 0.717) is 5.92 Å². The van der Waals surface area contributed by atoms with E-state index < -0.39 is 11.4 Å². The number of carbonyl (C=O) groups is 1. The van der Waals surface area contributed by atoms with Crippen molar-refractivity contribution in [2.45, 2.75) is 52.1 Å². The molecule has 0 fully saturated rings.